The van der Waals surface area contributed by atoms with E-state index in [9.17, 15) is 18.0 Å². The number of alkyl halides is 3. The average molecular weight is 517 g/mol. The minimum atomic E-state index is -4.64. The second kappa shape index (κ2) is 10.7. The molecule has 0 radical (unpaired) electrons. The summed E-state index contributed by atoms with van der Waals surface area (Å²) in [7, 11) is 0. The fourth-order valence-corrected chi connectivity index (χ4v) is 3.42. The molecule has 12 heteroatoms. The van der Waals surface area contributed by atoms with Gasteiger partial charge in [0.05, 0.1) is 27.8 Å². The van der Waals surface area contributed by atoms with Gasteiger partial charge in [0.2, 0.25) is 0 Å². The number of hydrogen-bond acceptors (Lipinski definition) is 6. The Morgan fingerprint density at radius 2 is 1.64 bits per heavy atom. The number of nitrogens with two attached hydrogens (primary N) is 1. The van der Waals surface area contributed by atoms with Crippen LogP contribution in [0.4, 0.5) is 35.2 Å². The van der Waals surface area contributed by atoms with Gasteiger partial charge in [0.25, 0.3) is 0 Å². The molecule has 4 aromatic rings. The molecule has 0 atom stereocenters. The number of halogens is 4. The van der Waals surface area contributed by atoms with Crippen molar-refractivity contribution in [3.05, 3.63) is 77.4 Å². The van der Waals surface area contributed by atoms with Gasteiger partial charge in [0.15, 0.2) is 0 Å². The molecule has 1 heterocycles. The van der Waals surface area contributed by atoms with Crippen molar-refractivity contribution >= 4 is 45.9 Å². The summed E-state index contributed by atoms with van der Waals surface area (Å²) in [5.74, 6) is 1.64. The smallest absolute Gasteiger partial charge is 0.417 e. The third kappa shape index (κ3) is 6.32. The summed E-state index contributed by atoms with van der Waals surface area (Å²) >= 11 is 5.60. The molecule has 1 aromatic heterocycles. The van der Waals surface area contributed by atoms with Crippen LogP contribution in [0.5, 0.6) is 11.5 Å². The number of urea groups is 1. The van der Waals surface area contributed by atoms with Gasteiger partial charge in [-0.15, -0.1) is 0 Å². The van der Waals surface area contributed by atoms with Gasteiger partial charge in [-0.1, -0.05) is 11.6 Å². The first-order valence-corrected chi connectivity index (χ1v) is 11.0. The maximum atomic E-state index is 13.0. The fourth-order valence-electron chi connectivity index (χ4n) is 3.20. The highest BCUT2D eigenvalue weighted by atomic mass is 35.5. The Balaban J connectivity index is 1.39. The Morgan fingerprint density at radius 3 is 2.36 bits per heavy atom. The van der Waals surface area contributed by atoms with Crippen LogP contribution in [-0.4, -0.2) is 29.1 Å². The number of nitrogens with zero attached hydrogens (tertiary/aromatic N) is 2. The molecule has 0 bridgehead atoms. The molecule has 0 unspecified atom stereocenters. The molecule has 3 aromatic carbocycles. The van der Waals surface area contributed by atoms with Gasteiger partial charge >= 0.3 is 12.2 Å². The Morgan fingerprint density at radius 1 is 0.944 bits per heavy atom. The molecule has 0 spiro atoms. The normalized spacial score (nSPS) is 11.2. The van der Waals surface area contributed by atoms with Crippen molar-refractivity contribution in [2.45, 2.75) is 6.18 Å². The molecule has 0 saturated carbocycles. The van der Waals surface area contributed by atoms with Crippen LogP contribution in [0.25, 0.3) is 11.0 Å². The molecular formula is C24H20ClF3N6O2. The molecule has 5 N–H and O–H groups in total. The predicted octanol–water partition coefficient (Wildman–Crippen LogP) is 6.11. The molecule has 0 aliphatic rings. The van der Waals surface area contributed by atoms with E-state index in [4.69, 9.17) is 22.1 Å². The van der Waals surface area contributed by atoms with Gasteiger partial charge in [0.1, 0.15) is 17.3 Å². The molecule has 36 heavy (non-hydrogen) atoms. The average Bonchev–Trinajstić information content (AvgIpc) is 2.84. The minimum absolute atomic E-state index is 0.0510. The third-order valence-corrected chi connectivity index (χ3v) is 5.17. The lowest BCUT2D eigenvalue weighted by Crippen LogP contribution is -2.19. The number of anilines is 3. The van der Waals surface area contributed by atoms with Crippen LogP contribution >= 0.6 is 11.6 Å². The maximum Gasteiger partial charge on any atom is 0.417 e. The maximum absolute atomic E-state index is 13.0. The Bertz CT molecular complexity index is 1380. The molecular weight excluding hydrogens is 497 g/mol. The Hall–Kier alpha value is -4.09. The van der Waals surface area contributed by atoms with E-state index < -0.39 is 22.8 Å². The molecule has 8 nitrogen and oxygen atoms in total. The van der Waals surface area contributed by atoms with E-state index in [1.807, 2.05) is 0 Å². The van der Waals surface area contributed by atoms with Crippen LogP contribution in [0.2, 0.25) is 5.02 Å². The van der Waals surface area contributed by atoms with Gasteiger partial charge < -0.3 is 26.4 Å². The van der Waals surface area contributed by atoms with Crippen LogP contribution in [0.1, 0.15) is 5.56 Å². The quantitative estimate of drug-likeness (QED) is 0.236. The predicted molar refractivity (Wildman–Crippen MR) is 133 cm³/mol. The first-order chi connectivity index (χ1) is 17.2. The summed E-state index contributed by atoms with van der Waals surface area (Å²) in [6, 6.07) is 14.1. The molecule has 0 saturated heterocycles. The lowest BCUT2D eigenvalue weighted by molar-refractivity contribution is -0.137. The summed E-state index contributed by atoms with van der Waals surface area (Å²) in [6.07, 6.45) is -3.01. The first-order valence-electron chi connectivity index (χ1n) is 10.6. The van der Waals surface area contributed by atoms with E-state index >= 15 is 0 Å². The lowest BCUT2D eigenvalue weighted by Gasteiger charge is -2.12. The number of carbonyl (C=O) groups excluding carboxylic acids is 1. The van der Waals surface area contributed by atoms with Crippen LogP contribution < -0.4 is 26.4 Å². The fraction of sp³-hybridized carbons (Fsp3) is 0.125. The lowest BCUT2D eigenvalue weighted by atomic mass is 10.2. The summed E-state index contributed by atoms with van der Waals surface area (Å²) in [6.45, 7) is 1.04. The van der Waals surface area contributed by atoms with E-state index in [0.29, 0.717) is 47.1 Å². The Kier molecular flexibility index (Phi) is 7.41. The molecule has 0 fully saturated rings. The van der Waals surface area contributed by atoms with Crippen LogP contribution in [0, 0.1) is 0 Å². The van der Waals surface area contributed by atoms with E-state index in [2.05, 4.69) is 25.9 Å². The highest BCUT2D eigenvalue weighted by molar-refractivity contribution is 6.31. The summed E-state index contributed by atoms with van der Waals surface area (Å²) < 4.78 is 44.9. The number of benzene rings is 3. The first kappa shape index (κ1) is 25.0. The molecule has 4 rings (SSSR count). The zero-order valence-corrected chi connectivity index (χ0v) is 19.3. The number of nitrogens with one attached hydrogen (secondary N) is 3. The number of fused-ring (bicyclic) bond motifs is 1. The van der Waals surface area contributed by atoms with Crippen LogP contribution in [0.3, 0.4) is 0 Å². The van der Waals surface area contributed by atoms with Crippen LogP contribution in [0.15, 0.2) is 66.9 Å². The summed E-state index contributed by atoms with van der Waals surface area (Å²) in [5.41, 5.74) is 6.16. The number of ether oxygens (including phenoxy) is 1. The number of carbonyl (C=O) groups is 1. The summed E-state index contributed by atoms with van der Waals surface area (Å²) in [4.78, 5) is 21.1. The van der Waals surface area contributed by atoms with Crippen molar-refractivity contribution < 1.29 is 22.7 Å². The van der Waals surface area contributed by atoms with Gasteiger partial charge in [-0.3, -0.25) is 4.98 Å². The van der Waals surface area contributed by atoms with Gasteiger partial charge in [-0.05, 0) is 54.6 Å². The zero-order chi connectivity index (χ0) is 25.7. The molecule has 0 aliphatic carbocycles. The molecule has 0 aliphatic heterocycles. The molecule has 186 valence electrons. The van der Waals surface area contributed by atoms with Crippen molar-refractivity contribution in [3.63, 3.8) is 0 Å². The largest absolute Gasteiger partial charge is 0.457 e. The van der Waals surface area contributed by atoms with Crippen molar-refractivity contribution in [2.24, 2.45) is 5.73 Å². The number of aromatic nitrogens is 2. The number of hydrogen-bond donors (Lipinski definition) is 4. The van der Waals surface area contributed by atoms with E-state index in [1.165, 1.54) is 6.07 Å². The third-order valence-electron chi connectivity index (χ3n) is 4.84. The standard InChI is InChI=1S/C24H20ClF3N6O2/c25-19-7-3-15(11-18(19)24(26,27)28)33-23(35)32-14-1-4-16(5-2-14)36-17-6-8-20-21(12-17)34-22(13-31-20)30-10-9-29/h1-8,11-13H,9-10,29H2,(H,30,34)(H2,32,33,35). The highest BCUT2D eigenvalue weighted by Crippen LogP contribution is 2.36. The monoisotopic (exact) mass is 516 g/mol. The second-order valence-electron chi connectivity index (χ2n) is 7.52. The highest BCUT2D eigenvalue weighted by Gasteiger charge is 2.33. The molecule has 2 amide bonds. The van der Waals surface area contributed by atoms with Crippen molar-refractivity contribution in [1.82, 2.24) is 9.97 Å². The Labute approximate surface area is 208 Å². The SMILES string of the molecule is NCCNc1cnc2ccc(Oc3ccc(NC(=O)Nc4ccc(Cl)c(C(F)(F)F)c4)cc3)cc2n1. The van der Waals surface area contributed by atoms with E-state index in [-0.39, 0.29) is 5.69 Å². The van der Waals surface area contributed by atoms with Gasteiger partial charge in [0, 0.05) is 30.5 Å². The zero-order valence-electron chi connectivity index (χ0n) is 18.6. The summed E-state index contributed by atoms with van der Waals surface area (Å²) in [5, 5.41) is 7.52. The van der Waals surface area contributed by atoms with Gasteiger partial charge in [-0.25, -0.2) is 9.78 Å². The van der Waals surface area contributed by atoms with Crippen LogP contribution in [-0.2, 0) is 6.18 Å². The van der Waals surface area contributed by atoms with E-state index in [1.54, 1.807) is 48.7 Å². The van der Waals surface area contributed by atoms with Crippen molar-refractivity contribution in [1.29, 1.82) is 0 Å². The second-order valence-corrected chi connectivity index (χ2v) is 7.93. The number of amides is 2. The van der Waals surface area contributed by atoms with Crippen molar-refractivity contribution in [2.75, 3.05) is 29.0 Å². The minimum Gasteiger partial charge on any atom is -0.457 e. The topological polar surface area (TPSA) is 114 Å². The number of rotatable bonds is 7. The van der Waals surface area contributed by atoms with Gasteiger partial charge in [-0.2, -0.15) is 13.2 Å². The van der Waals surface area contributed by atoms with E-state index in [0.717, 1.165) is 12.1 Å². The van der Waals surface area contributed by atoms with Crippen molar-refractivity contribution in [3.8, 4) is 11.5 Å².